The first-order chi connectivity index (χ1) is 13.7. The molecule has 2 fully saturated rings. The van der Waals surface area contributed by atoms with Crippen molar-refractivity contribution in [2.24, 2.45) is 11.3 Å². The molecule has 0 spiro atoms. The van der Waals surface area contributed by atoms with E-state index in [1.54, 1.807) is 0 Å². The van der Waals surface area contributed by atoms with E-state index in [0.29, 0.717) is 19.0 Å². The van der Waals surface area contributed by atoms with Crippen molar-refractivity contribution in [1.29, 1.82) is 5.26 Å². The van der Waals surface area contributed by atoms with E-state index >= 15 is 0 Å². The number of ether oxygens (including phenoxy) is 2. The lowest BCUT2D eigenvalue weighted by atomic mass is 9.71. The van der Waals surface area contributed by atoms with Crippen LogP contribution in [0.4, 0.5) is 0 Å². The largest absolute Gasteiger partial charge is 0.352 e. The van der Waals surface area contributed by atoms with Gasteiger partial charge in [-0.05, 0) is 63.7 Å². The van der Waals surface area contributed by atoms with Gasteiger partial charge in [0, 0.05) is 0 Å². The fourth-order valence-corrected chi connectivity index (χ4v) is 5.12. The van der Waals surface area contributed by atoms with Crippen LogP contribution in [0.5, 0.6) is 0 Å². The summed E-state index contributed by atoms with van der Waals surface area (Å²) in [6.45, 7) is 4.97. The second kappa shape index (κ2) is 13.6. The predicted octanol–water partition coefficient (Wildman–Crippen LogP) is 7.54. The molecule has 0 radical (unpaired) electrons. The van der Waals surface area contributed by atoms with Crippen LogP contribution in [-0.4, -0.2) is 19.0 Å². The van der Waals surface area contributed by atoms with Gasteiger partial charge in [-0.25, -0.2) is 0 Å². The molecule has 3 nitrogen and oxygen atoms in total. The SMILES string of the molecule is CCCCCC[C@]1(C#N)CC[C@H](OCO[C@H]2CC[C@H](CCCCC)CC2)CC1. The lowest BCUT2D eigenvalue weighted by Crippen LogP contribution is -2.31. The van der Waals surface area contributed by atoms with Gasteiger partial charge in [0.25, 0.3) is 0 Å². The zero-order chi connectivity index (χ0) is 20.1. The smallest absolute Gasteiger partial charge is 0.147 e. The van der Waals surface area contributed by atoms with Gasteiger partial charge in [0.1, 0.15) is 6.79 Å². The van der Waals surface area contributed by atoms with Gasteiger partial charge < -0.3 is 9.47 Å². The molecular weight excluding hydrogens is 346 g/mol. The van der Waals surface area contributed by atoms with Crippen molar-refractivity contribution in [3.05, 3.63) is 0 Å². The van der Waals surface area contributed by atoms with Gasteiger partial charge in [-0.3, -0.25) is 0 Å². The summed E-state index contributed by atoms with van der Waals surface area (Å²) in [4.78, 5) is 0. The lowest BCUT2D eigenvalue weighted by Gasteiger charge is -2.35. The van der Waals surface area contributed by atoms with Crippen LogP contribution in [0.15, 0.2) is 0 Å². The standard InChI is InChI=1S/C25H45NO2/c1-3-5-7-9-17-25(20-26)18-15-24(16-19-25)28-21-27-23-13-11-22(12-14-23)10-8-6-4-2/h22-24H,3-19,21H2,1-2H3/t22-,23-,24-,25-. The van der Waals surface area contributed by atoms with E-state index < -0.39 is 0 Å². The quantitative estimate of drug-likeness (QED) is 0.240. The summed E-state index contributed by atoms with van der Waals surface area (Å²) in [7, 11) is 0. The van der Waals surface area contributed by atoms with E-state index in [-0.39, 0.29) is 5.41 Å². The molecule has 3 heteroatoms. The number of hydrogen-bond donors (Lipinski definition) is 0. The molecule has 0 unspecified atom stereocenters. The number of nitriles is 1. The first kappa shape index (κ1) is 23.7. The van der Waals surface area contributed by atoms with Gasteiger partial charge in [-0.15, -0.1) is 0 Å². The third-order valence-corrected chi connectivity index (χ3v) is 7.25. The third-order valence-electron chi connectivity index (χ3n) is 7.25. The molecule has 2 aliphatic carbocycles. The highest BCUT2D eigenvalue weighted by Crippen LogP contribution is 2.41. The molecule has 0 N–H and O–H groups in total. The van der Waals surface area contributed by atoms with Crippen LogP contribution in [0.25, 0.3) is 0 Å². The van der Waals surface area contributed by atoms with Gasteiger partial charge in [0.05, 0.1) is 23.7 Å². The maximum absolute atomic E-state index is 9.70. The van der Waals surface area contributed by atoms with Crippen molar-refractivity contribution in [1.82, 2.24) is 0 Å². The maximum Gasteiger partial charge on any atom is 0.147 e. The zero-order valence-electron chi connectivity index (χ0n) is 18.7. The summed E-state index contributed by atoms with van der Waals surface area (Å²) in [5.41, 5.74) is -0.0788. The average Bonchev–Trinajstić information content (AvgIpc) is 2.74. The minimum absolute atomic E-state index is 0.0788. The second-order valence-corrected chi connectivity index (χ2v) is 9.49. The first-order valence-electron chi connectivity index (χ1n) is 12.4. The summed E-state index contributed by atoms with van der Waals surface area (Å²) >= 11 is 0. The monoisotopic (exact) mass is 391 g/mol. The Morgan fingerprint density at radius 3 is 2.00 bits per heavy atom. The predicted molar refractivity (Wildman–Crippen MR) is 116 cm³/mol. The Bertz CT molecular complexity index is 428. The summed E-state index contributed by atoms with van der Waals surface area (Å²) in [6.07, 6.45) is 21.5. The molecule has 2 saturated carbocycles. The van der Waals surface area contributed by atoms with E-state index in [4.69, 9.17) is 9.47 Å². The van der Waals surface area contributed by atoms with Gasteiger partial charge >= 0.3 is 0 Å². The Balaban J connectivity index is 1.55. The normalized spacial score (nSPS) is 30.8. The molecule has 0 aliphatic heterocycles. The number of hydrogen-bond acceptors (Lipinski definition) is 3. The van der Waals surface area contributed by atoms with Crippen LogP contribution >= 0.6 is 0 Å². The van der Waals surface area contributed by atoms with E-state index in [2.05, 4.69) is 19.9 Å². The van der Waals surface area contributed by atoms with E-state index in [0.717, 1.165) is 38.0 Å². The fraction of sp³-hybridized carbons (Fsp3) is 0.960. The minimum Gasteiger partial charge on any atom is -0.352 e. The van der Waals surface area contributed by atoms with E-state index in [9.17, 15) is 5.26 Å². The van der Waals surface area contributed by atoms with Crippen LogP contribution in [0.2, 0.25) is 0 Å². The highest BCUT2D eigenvalue weighted by Gasteiger charge is 2.35. The Labute approximate surface area is 174 Å². The molecule has 2 aliphatic rings. The lowest BCUT2D eigenvalue weighted by molar-refractivity contribution is -0.137. The zero-order valence-corrected chi connectivity index (χ0v) is 18.7. The molecule has 0 aromatic heterocycles. The molecular formula is C25H45NO2. The average molecular weight is 392 g/mol. The third kappa shape index (κ3) is 8.42. The van der Waals surface area contributed by atoms with Crippen molar-refractivity contribution < 1.29 is 9.47 Å². The van der Waals surface area contributed by atoms with Gasteiger partial charge in [-0.2, -0.15) is 5.26 Å². The molecule has 0 aromatic rings. The van der Waals surface area contributed by atoms with E-state index in [1.807, 2.05) is 0 Å². The van der Waals surface area contributed by atoms with Crippen molar-refractivity contribution in [2.75, 3.05) is 6.79 Å². The highest BCUT2D eigenvalue weighted by atomic mass is 16.7. The molecule has 0 amide bonds. The Kier molecular flexibility index (Phi) is 11.5. The molecule has 162 valence electrons. The molecule has 28 heavy (non-hydrogen) atoms. The first-order valence-corrected chi connectivity index (χ1v) is 12.4. The van der Waals surface area contributed by atoms with Crippen LogP contribution in [-0.2, 0) is 9.47 Å². The molecule has 0 atom stereocenters. The van der Waals surface area contributed by atoms with E-state index in [1.165, 1.54) is 77.0 Å². The minimum atomic E-state index is -0.0788. The summed E-state index contributed by atoms with van der Waals surface area (Å²) < 4.78 is 12.1. The van der Waals surface area contributed by atoms with Crippen molar-refractivity contribution in [3.8, 4) is 6.07 Å². The maximum atomic E-state index is 9.70. The molecule has 0 bridgehead atoms. The van der Waals surface area contributed by atoms with Crippen molar-refractivity contribution >= 4 is 0 Å². The molecule has 0 aromatic carbocycles. The summed E-state index contributed by atoms with van der Waals surface area (Å²) in [5, 5.41) is 9.70. The van der Waals surface area contributed by atoms with Gasteiger partial charge in [0.2, 0.25) is 0 Å². The van der Waals surface area contributed by atoms with Crippen LogP contribution in [0, 0.1) is 22.7 Å². The number of unbranched alkanes of at least 4 members (excludes halogenated alkanes) is 5. The summed E-state index contributed by atoms with van der Waals surface area (Å²) in [6, 6.07) is 2.66. The topological polar surface area (TPSA) is 42.2 Å². The van der Waals surface area contributed by atoms with Crippen molar-refractivity contribution in [2.45, 2.75) is 135 Å². The fourth-order valence-electron chi connectivity index (χ4n) is 5.12. The highest BCUT2D eigenvalue weighted by molar-refractivity contribution is 5.01. The Hall–Kier alpha value is -0.590. The van der Waals surface area contributed by atoms with Crippen molar-refractivity contribution in [3.63, 3.8) is 0 Å². The van der Waals surface area contributed by atoms with Crippen LogP contribution in [0.1, 0.15) is 123 Å². The Morgan fingerprint density at radius 2 is 1.39 bits per heavy atom. The molecule has 2 rings (SSSR count). The summed E-state index contributed by atoms with van der Waals surface area (Å²) in [5.74, 6) is 0.932. The Morgan fingerprint density at radius 1 is 0.786 bits per heavy atom. The second-order valence-electron chi connectivity index (χ2n) is 9.49. The number of nitrogens with zero attached hydrogens (tertiary/aromatic N) is 1. The van der Waals surface area contributed by atoms with Crippen LogP contribution < -0.4 is 0 Å². The van der Waals surface area contributed by atoms with Gasteiger partial charge in [0.15, 0.2) is 0 Å². The number of rotatable bonds is 13. The van der Waals surface area contributed by atoms with Crippen LogP contribution in [0.3, 0.4) is 0 Å². The van der Waals surface area contributed by atoms with Gasteiger partial charge in [-0.1, -0.05) is 65.2 Å². The molecule has 0 heterocycles. The molecule has 0 saturated heterocycles.